The Labute approximate surface area is 67.2 Å². The van der Waals surface area contributed by atoms with E-state index in [1.807, 2.05) is 0 Å². The first-order valence-electron chi connectivity index (χ1n) is 3.44. The van der Waals surface area contributed by atoms with Gasteiger partial charge in [-0.1, -0.05) is 0 Å². The summed E-state index contributed by atoms with van der Waals surface area (Å²) in [6, 6.07) is 0. The number of carbonyl (C=O) groups excluding carboxylic acids is 1. The second kappa shape index (κ2) is 5.54. The second-order valence-electron chi connectivity index (χ2n) is 2.43. The highest BCUT2D eigenvalue weighted by atomic mass is 35.5. The van der Waals surface area contributed by atoms with Crippen LogP contribution in [0, 0.1) is 0 Å². The summed E-state index contributed by atoms with van der Waals surface area (Å²) in [6.45, 7) is 0. The Morgan fingerprint density at radius 1 is 1.40 bits per heavy atom. The lowest BCUT2D eigenvalue weighted by Gasteiger charge is -2.08. The molecule has 3 heteroatoms. The average Bonchev–Trinajstić information content (AvgIpc) is 1.88. The molecule has 10 heavy (non-hydrogen) atoms. The van der Waals surface area contributed by atoms with Crippen LogP contribution in [0.25, 0.3) is 0 Å². The van der Waals surface area contributed by atoms with Crippen molar-refractivity contribution < 1.29 is 4.79 Å². The van der Waals surface area contributed by atoms with Crippen molar-refractivity contribution in [3.63, 3.8) is 0 Å². The molecule has 0 saturated heterocycles. The fourth-order valence-corrected chi connectivity index (χ4v) is 0.783. The molecular formula is C7H14ClNO. The zero-order valence-electron chi connectivity index (χ0n) is 6.56. The third kappa shape index (κ3) is 4.62. The lowest BCUT2D eigenvalue weighted by atomic mass is 10.2. The molecule has 2 nitrogen and oxygen atoms in total. The molecule has 0 bridgehead atoms. The lowest BCUT2D eigenvalue weighted by Crippen LogP contribution is -2.21. The maximum Gasteiger partial charge on any atom is 0.222 e. The molecule has 0 aromatic rings. The Hall–Kier alpha value is -0.240. The van der Waals surface area contributed by atoms with Crippen LogP contribution in [0.1, 0.15) is 19.3 Å². The molecular weight excluding hydrogens is 150 g/mol. The summed E-state index contributed by atoms with van der Waals surface area (Å²) in [4.78, 5) is 12.5. The highest BCUT2D eigenvalue weighted by Crippen LogP contribution is 1.98. The van der Waals surface area contributed by atoms with E-state index in [-0.39, 0.29) is 5.91 Å². The minimum atomic E-state index is 0.185. The quantitative estimate of drug-likeness (QED) is 0.454. The largest absolute Gasteiger partial charge is 0.349 e. The molecule has 0 fully saturated rings. The van der Waals surface area contributed by atoms with Gasteiger partial charge < -0.3 is 4.90 Å². The highest BCUT2D eigenvalue weighted by molar-refractivity contribution is 6.17. The molecule has 0 aromatic carbocycles. The summed E-state index contributed by atoms with van der Waals surface area (Å²) in [5.74, 6) is 0.839. The predicted octanol–water partition coefficient (Wildman–Crippen LogP) is 1.48. The Morgan fingerprint density at radius 3 is 2.40 bits per heavy atom. The van der Waals surface area contributed by atoms with E-state index in [2.05, 4.69) is 0 Å². The third-order valence-electron chi connectivity index (χ3n) is 1.27. The van der Waals surface area contributed by atoms with E-state index in [0.717, 1.165) is 12.8 Å². The van der Waals surface area contributed by atoms with Crippen molar-refractivity contribution in [2.75, 3.05) is 20.0 Å². The van der Waals surface area contributed by atoms with Crippen molar-refractivity contribution in [1.82, 2.24) is 4.90 Å². The van der Waals surface area contributed by atoms with Gasteiger partial charge in [-0.3, -0.25) is 4.79 Å². The first kappa shape index (κ1) is 9.76. The fraction of sp³-hybridized carbons (Fsp3) is 0.857. The van der Waals surface area contributed by atoms with Gasteiger partial charge in [0.15, 0.2) is 0 Å². The number of hydrogen-bond donors (Lipinski definition) is 0. The first-order valence-corrected chi connectivity index (χ1v) is 3.98. The molecule has 0 aliphatic heterocycles. The topological polar surface area (TPSA) is 20.3 Å². The van der Waals surface area contributed by atoms with Crippen LogP contribution in [0.4, 0.5) is 0 Å². The molecule has 0 rings (SSSR count). The second-order valence-corrected chi connectivity index (χ2v) is 2.81. The SMILES string of the molecule is CN(C)C(=O)CCCCCl. The van der Waals surface area contributed by atoms with Crippen LogP contribution in [-0.2, 0) is 4.79 Å². The Kier molecular flexibility index (Phi) is 5.40. The summed E-state index contributed by atoms with van der Waals surface area (Å²) in [5.41, 5.74) is 0. The van der Waals surface area contributed by atoms with E-state index < -0.39 is 0 Å². The van der Waals surface area contributed by atoms with Crippen molar-refractivity contribution in [2.45, 2.75) is 19.3 Å². The highest BCUT2D eigenvalue weighted by Gasteiger charge is 2.01. The van der Waals surface area contributed by atoms with E-state index in [1.54, 1.807) is 19.0 Å². The molecule has 0 radical (unpaired) electrons. The van der Waals surface area contributed by atoms with E-state index in [1.165, 1.54) is 0 Å². The van der Waals surface area contributed by atoms with Crippen molar-refractivity contribution in [3.8, 4) is 0 Å². The lowest BCUT2D eigenvalue weighted by molar-refractivity contribution is -0.128. The standard InChI is InChI=1S/C7H14ClNO/c1-9(2)7(10)5-3-4-6-8/h3-6H2,1-2H3. The van der Waals surface area contributed by atoms with Gasteiger partial charge in [-0.15, -0.1) is 11.6 Å². The predicted molar refractivity (Wildman–Crippen MR) is 43.3 cm³/mol. The molecule has 0 N–H and O–H groups in total. The van der Waals surface area contributed by atoms with Crippen LogP contribution in [0.5, 0.6) is 0 Å². The Balaban J connectivity index is 3.22. The summed E-state index contributed by atoms with van der Waals surface area (Å²) in [5, 5.41) is 0. The molecule has 0 heterocycles. The van der Waals surface area contributed by atoms with Crippen LogP contribution < -0.4 is 0 Å². The van der Waals surface area contributed by atoms with E-state index in [9.17, 15) is 4.79 Å². The van der Waals surface area contributed by atoms with Gasteiger partial charge in [0.1, 0.15) is 0 Å². The number of halogens is 1. The fourth-order valence-electron chi connectivity index (χ4n) is 0.594. The number of carbonyl (C=O) groups is 1. The first-order chi connectivity index (χ1) is 4.68. The molecule has 0 atom stereocenters. The minimum Gasteiger partial charge on any atom is -0.349 e. The monoisotopic (exact) mass is 163 g/mol. The van der Waals surface area contributed by atoms with E-state index >= 15 is 0 Å². The number of rotatable bonds is 4. The molecule has 60 valence electrons. The van der Waals surface area contributed by atoms with Crippen LogP contribution in [0.15, 0.2) is 0 Å². The van der Waals surface area contributed by atoms with Crippen LogP contribution in [0.2, 0.25) is 0 Å². The van der Waals surface area contributed by atoms with Crippen molar-refractivity contribution in [1.29, 1.82) is 0 Å². The van der Waals surface area contributed by atoms with Crippen LogP contribution in [-0.4, -0.2) is 30.8 Å². The Morgan fingerprint density at radius 2 is 2.00 bits per heavy atom. The van der Waals surface area contributed by atoms with Gasteiger partial charge in [0, 0.05) is 26.4 Å². The Bertz CT molecular complexity index is 104. The number of amides is 1. The summed E-state index contributed by atoms with van der Waals surface area (Å²) >= 11 is 5.44. The van der Waals surface area contributed by atoms with Gasteiger partial charge in [0.05, 0.1) is 0 Å². The van der Waals surface area contributed by atoms with Crippen LogP contribution >= 0.6 is 11.6 Å². The van der Waals surface area contributed by atoms with Crippen LogP contribution in [0.3, 0.4) is 0 Å². The summed E-state index contributed by atoms with van der Waals surface area (Å²) in [6.07, 6.45) is 2.46. The van der Waals surface area contributed by atoms with Crippen molar-refractivity contribution in [3.05, 3.63) is 0 Å². The van der Waals surface area contributed by atoms with E-state index in [4.69, 9.17) is 11.6 Å². The molecule has 0 aliphatic carbocycles. The number of hydrogen-bond acceptors (Lipinski definition) is 1. The third-order valence-corrected chi connectivity index (χ3v) is 1.54. The molecule has 0 aliphatic rings. The van der Waals surface area contributed by atoms with Gasteiger partial charge in [0.25, 0.3) is 0 Å². The molecule has 0 spiro atoms. The average molecular weight is 164 g/mol. The van der Waals surface area contributed by atoms with Gasteiger partial charge in [-0.2, -0.15) is 0 Å². The smallest absolute Gasteiger partial charge is 0.222 e. The number of unbranched alkanes of at least 4 members (excludes halogenated alkanes) is 1. The minimum absolute atomic E-state index is 0.185. The van der Waals surface area contributed by atoms with Gasteiger partial charge in [-0.05, 0) is 12.8 Å². The number of nitrogens with zero attached hydrogens (tertiary/aromatic N) is 1. The van der Waals surface area contributed by atoms with Crippen molar-refractivity contribution in [2.24, 2.45) is 0 Å². The normalized spacial score (nSPS) is 9.50. The maximum absolute atomic E-state index is 10.9. The molecule has 0 unspecified atom stereocenters. The molecule has 0 aromatic heterocycles. The summed E-state index contributed by atoms with van der Waals surface area (Å²) in [7, 11) is 3.53. The van der Waals surface area contributed by atoms with Gasteiger partial charge in [0.2, 0.25) is 5.91 Å². The van der Waals surface area contributed by atoms with Crippen molar-refractivity contribution >= 4 is 17.5 Å². The molecule has 1 amide bonds. The summed E-state index contributed by atoms with van der Waals surface area (Å²) < 4.78 is 0. The molecule has 0 saturated carbocycles. The zero-order valence-corrected chi connectivity index (χ0v) is 7.32. The maximum atomic E-state index is 10.9. The number of alkyl halides is 1. The van der Waals surface area contributed by atoms with E-state index in [0.29, 0.717) is 12.3 Å². The van der Waals surface area contributed by atoms with Gasteiger partial charge in [-0.25, -0.2) is 0 Å². The zero-order chi connectivity index (χ0) is 7.98. The van der Waals surface area contributed by atoms with Gasteiger partial charge >= 0.3 is 0 Å².